The third-order valence-corrected chi connectivity index (χ3v) is 8.66. The Kier molecular flexibility index (Phi) is 4.96. The van der Waals surface area contributed by atoms with Crippen LogP contribution in [0, 0.1) is 23.2 Å². The Hall–Kier alpha value is -2.11. The molecule has 3 atom stereocenters. The number of hydrogen-bond acceptors (Lipinski definition) is 4. The fourth-order valence-electron chi connectivity index (χ4n) is 6.56. The van der Waals surface area contributed by atoms with Crippen LogP contribution in [0.1, 0.15) is 31.7 Å². The number of halogens is 1. The largest absolute Gasteiger partial charge is 0.353 e. The number of allylic oxidation sites excluding steroid dienone is 2. The highest BCUT2D eigenvalue weighted by atomic mass is 35.5. The van der Waals surface area contributed by atoms with Crippen molar-refractivity contribution in [3.63, 3.8) is 0 Å². The van der Waals surface area contributed by atoms with E-state index in [0.29, 0.717) is 10.4 Å². The van der Waals surface area contributed by atoms with Gasteiger partial charge >= 0.3 is 0 Å². The van der Waals surface area contributed by atoms with E-state index in [1.807, 2.05) is 17.0 Å². The lowest BCUT2D eigenvalue weighted by molar-refractivity contribution is -0.129. The Morgan fingerprint density at radius 2 is 2.00 bits per heavy atom. The second-order valence-corrected chi connectivity index (χ2v) is 10.6. The van der Waals surface area contributed by atoms with Crippen molar-refractivity contribution in [3.05, 3.63) is 47.0 Å². The van der Waals surface area contributed by atoms with Crippen LogP contribution in [0.3, 0.4) is 0 Å². The van der Waals surface area contributed by atoms with Gasteiger partial charge in [-0.15, -0.1) is 0 Å². The number of benzene rings is 1. The monoisotopic (exact) mass is 450 g/mol. The molecule has 6 heteroatoms. The van der Waals surface area contributed by atoms with Gasteiger partial charge in [-0.3, -0.25) is 4.79 Å². The molecular weight excluding hydrogens is 420 g/mol. The average Bonchev–Trinajstić information content (AvgIpc) is 3.46. The number of pyridine rings is 1. The van der Waals surface area contributed by atoms with Crippen LogP contribution in [0.15, 0.2) is 36.4 Å². The van der Waals surface area contributed by atoms with Gasteiger partial charge in [0, 0.05) is 55.6 Å². The number of anilines is 1. The van der Waals surface area contributed by atoms with E-state index in [9.17, 15) is 4.79 Å². The summed E-state index contributed by atoms with van der Waals surface area (Å²) in [5.41, 5.74) is 2.81. The number of nitrogens with zero attached hydrogens (tertiary/aromatic N) is 3. The van der Waals surface area contributed by atoms with Crippen LogP contribution in [0.25, 0.3) is 10.9 Å². The standard InChI is InChI=1S/C26H31ClN4O/c1-17(32)30-8-10-31(11-9-30)25-20(12-18-2-4-22(27)14-24(18)29-25)16-28-15-19-13-21-3-5-23(19)26(21)6-7-26/h2-5,12,14,19,21,23,28H,6-11,13,15-16H2,1H3/t19-,21+,23-/m0/s1. The summed E-state index contributed by atoms with van der Waals surface area (Å²) in [5, 5.41) is 5.62. The predicted molar refractivity (Wildman–Crippen MR) is 129 cm³/mol. The van der Waals surface area contributed by atoms with Crippen molar-refractivity contribution in [1.29, 1.82) is 0 Å². The molecule has 5 nitrogen and oxygen atoms in total. The molecule has 168 valence electrons. The first-order chi connectivity index (χ1) is 15.5. The molecule has 6 rings (SSSR count). The van der Waals surface area contributed by atoms with Gasteiger partial charge in [0.05, 0.1) is 5.52 Å². The fourth-order valence-corrected chi connectivity index (χ4v) is 6.73. The molecule has 1 aromatic heterocycles. The van der Waals surface area contributed by atoms with Crippen LogP contribution in [0.2, 0.25) is 5.02 Å². The average molecular weight is 451 g/mol. The van der Waals surface area contributed by atoms with E-state index in [-0.39, 0.29) is 5.91 Å². The summed E-state index contributed by atoms with van der Waals surface area (Å²) in [6.07, 6.45) is 9.21. The summed E-state index contributed by atoms with van der Waals surface area (Å²) in [6, 6.07) is 8.20. The summed E-state index contributed by atoms with van der Waals surface area (Å²) in [6.45, 7) is 6.66. The van der Waals surface area contributed by atoms with Gasteiger partial charge in [0.25, 0.3) is 0 Å². The first-order valence-electron chi connectivity index (χ1n) is 12.0. The maximum absolute atomic E-state index is 11.8. The minimum atomic E-state index is 0.151. The number of amides is 1. The second kappa shape index (κ2) is 7.74. The van der Waals surface area contributed by atoms with Gasteiger partial charge in [0.2, 0.25) is 5.91 Å². The van der Waals surface area contributed by atoms with Crippen LogP contribution in [0.5, 0.6) is 0 Å². The Labute approximate surface area is 194 Å². The van der Waals surface area contributed by atoms with Gasteiger partial charge in [-0.05, 0) is 67.2 Å². The highest BCUT2D eigenvalue weighted by molar-refractivity contribution is 6.31. The van der Waals surface area contributed by atoms with E-state index < -0.39 is 0 Å². The summed E-state index contributed by atoms with van der Waals surface area (Å²) < 4.78 is 0. The van der Waals surface area contributed by atoms with E-state index in [0.717, 1.165) is 73.7 Å². The molecule has 1 aromatic carbocycles. The van der Waals surface area contributed by atoms with Crippen molar-refractivity contribution < 1.29 is 4.79 Å². The van der Waals surface area contributed by atoms with Crippen molar-refractivity contribution >= 4 is 34.2 Å². The highest BCUT2D eigenvalue weighted by Gasteiger charge is 2.62. The molecule has 1 aliphatic heterocycles. The molecule has 1 saturated heterocycles. The first kappa shape index (κ1) is 20.5. The SMILES string of the molecule is CC(=O)N1CCN(c2nc3cc(Cl)ccc3cc2CNC[C@@H]2C[C@H]3C=C[C@@H]2C32CC2)CC1. The van der Waals surface area contributed by atoms with Crippen LogP contribution in [-0.2, 0) is 11.3 Å². The molecule has 3 aliphatic carbocycles. The minimum Gasteiger partial charge on any atom is -0.353 e. The van der Waals surface area contributed by atoms with Crippen molar-refractivity contribution in [2.24, 2.45) is 23.2 Å². The lowest BCUT2D eigenvalue weighted by Gasteiger charge is -2.36. The predicted octanol–water partition coefficient (Wildman–Crippen LogP) is 4.25. The lowest BCUT2D eigenvalue weighted by Crippen LogP contribution is -2.48. The summed E-state index contributed by atoms with van der Waals surface area (Å²) >= 11 is 6.25. The Bertz CT molecular complexity index is 1090. The quantitative estimate of drug-likeness (QED) is 0.692. The van der Waals surface area contributed by atoms with Gasteiger partial charge in [-0.2, -0.15) is 0 Å². The van der Waals surface area contributed by atoms with Crippen LogP contribution < -0.4 is 10.2 Å². The normalized spacial score (nSPS) is 27.6. The Morgan fingerprint density at radius 1 is 1.19 bits per heavy atom. The Balaban J connectivity index is 1.20. The molecule has 3 fully saturated rings. The van der Waals surface area contributed by atoms with Crippen molar-refractivity contribution in [1.82, 2.24) is 15.2 Å². The number of aromatic nitrogens is 1. The second-order valence-electron chi connectivity index (χ2n) is 10.2. The molecule has 2 bridgehead atoms. The summed E-state index contributed by atoms with van der Waals surface area (Å²) in [7, 11) is 0. The van der Waals surface area contributed by atoms with Gasteiger partial charge in [-0.1, -0.05) is 29.8 Å². The van der Waals surface area contributed by atoms with Crippen molar-refractivity contribution in [2.75, 3.05) is 37.6 Å². The lowest BCUT2D eigenvalue weighted by atomic mass is 9.89. The van der Waals surface area contributed by atoms with E-state index in [1.165, 1.54) is 24.8 Å². The number of carbonyl (C=O) groups is 1. The zero-order valence-electron chi connectivity index (χ0n) is 18.7. The van der Waals surface area contributed by atoms with E-state index in [4.69, 9.17) is 16.6 Å². The smallest absolute Gasteiger partial charge is 0.219 e. The number of carbonyl (C=O) groups excluding carboxylic acids is 1. The zero-order valence-corrected chi connectivity index (χ0v) is 19.4. The summed E-state index contributed by atoms with van der Waals surface area (Å²) in [4.78, 5) is 21.0. The van der Waals surface area contributed by atoms with Crippen LogP contribution in [0.4, 0.5) is 5.82 Å². The molecule has 0 unspecified atom stereocenters. The van der Waals surface area contributed by atoms with Crippen LogP contribution >= 0.6 is 11.6 Å². The Morgan fingerprint density at radius 3 is 2.72 bits per heavy atom. The molecule has 1 spiro atoms. The maximum atomic E-state index is 11.8. The number of rotatable bonds is 5. The van der Waals surface area contributed by atoms with E-state index in [2.05, 4.69) is 34.5 Å². The zero-order chi connectivity index (χ0) is 21.9. The topological polar surface area (TPSA) is 48.5 Å². The van der Waals surface area contributed by atoms with E-state index >= 15 is 0 Å². The highest BCUT2D eigenvalue weighted by Crippen LogP contribution is 2.69. The molecule has 0 radical (unpaired) electrons. The van der Waals surface area contributed by atoms with Crippen LogP contribution in [-0.4, -0.2) is 48.5 Å². The van der Waals surface area contributed by atoms with E-state index in [1.54, 1.807) is 6.92 Å². The molecule has 2 aromatic rings. The number of hydrogen-bond donors (Lipinski definition) is 1. The van der Waals surface area contributed by atoms with Gasteiger partial charge in [-0.25, -0.2) is 4.98 Å². The van der Waals surface area contributed by atoms with Gasteiger partial charge < -0.3 is 15.1 Å². The molecule has 1 amide bonds. The van der Waals surface area contributed by atoms with Crippen molar-refractivity contribution in [3.8, 4) is 0 Å². The number of nitrogens with one attached hydrogen (secondary N) is 1. The molecule has 1 N–H and O–H groups in total. The van der Waals surface area contributed by atoms with Gasteiger partial charge in [0.15, 0.2) is 0 Å². The number of fused-ring (bicyclic) bond motifs is 1. The number of piperazine rings is 1. The summed E-state index contributed by atoms with van der Waals surface area (Å²) in [5.74, 6) is 3.57. The molecule has 2 heterocycles. The molecule has 2 saturated carbocycles. The molecular formula is C26H31ClN4O. The first-order valence-corrected chi connectivity index (χ1v) is 12.4. The maximum Gasteiger partial charge on any atom is 0.219 e. The third-order valence-electron chi connectivity index (χ3n) is 8.43. The van der Waals surface area contributed by atoms with Gasteiger partial charge in [0.1, 0.15) is 5.82 Å². The minimum absolute atomic E-state index is 0.151. The molecule has 32 heavy (non-hydrogen) atoms. The van der Waals surface area contributed by atoms with Crippen molar-refractivity contribution in [2.45, 2.75) is 32.7 Å². The molecule has 4 aliphatic rings. The fraction of sp³-hybridized carbons (Fsp3) is 0.538. The third kappa shape index (κ3) is 3.41.